The van der Waals surface area contributed by atoms with E-state index in [1.807, 2.05) is 12.3 Å². The van der Waals surface area contributed by atoms with Gasteiger partial charge in [0.2, 0.25) is 0 Å². The van der Waals surface area contributed by atoms with Gasteiger partial charge in [0.05, 0.1) is 11.9 Å². The number of aromatic nitrogens is 3. The largest absolute Gasteiger partial charge is 0.232 e. The lowest BCUT2D eigenvalue weighted by atomic mass is 10.2. The van der Waals surface area contributed by atoms with Crippen LogP contribution in [0.1, 0.15) is 25.5 Å². The fourth-order valence-electron chi connectivity index (χ4n) is 1.16. The van der Waals surface area contributed by atoms with Crippen molar-refractivity contribution < 1.29 is 0 Å². The molecule has 2 heterocycles. The highest BCUT2D eigenvalue weighted by Gasteiger charge is 2.05. The van der Waals surface area contributed by atoms with E-state index in [1.54, 1.807) is 10.6 Å². The third kappa shape index (κ3) is 1.52. The summed E-state index contributed by atoms with van der Waals surface area (Å²) in [6.45, 7) is 4.20. The van der Waals surface area contributed by atoms with E-state index in [2.05, 4.69) is 23.9 Å². The molecule has 0 aromatic carbocycles. The number of rotatable bonds is 1. The zero-order valence-electron chi connectivity index (χ0n) is 7.53. The molecule has 2 aromatic rings. The normalized spacial score (nSPS) is 11.4. The minimum absolute atomic E-state index is 0.417. The number of nitrogens with zero attached hydrogens (tertiary/aromatic N) is 3. The molecule has 0 saturated heterocycles. The molecule has 0 N–H and O–H groups in total. The van der Waals surface area contributed by atoms with Crippen LogP contribution < -0.4 is 0 Å². The van der Waals surface area contributed by atoms with E-state index in [9.17, 15) is 0 Å². The van der Waals surface area contributed by atoms with Crippen molar-refractivity contribution in [1.82, 2.24) is 14.6 Å². The van der Waals surface area contributed by atoms with Gasteiger partial charge in [0.25, 0.3) is 0 Å². The summed E-state index contributed by atoms with van der Waals surface area (Å²) in [6.07, 6.45) is 1.91. The molecular weight excluding hydrogens is 186 g/mol. The summed E-state index contributed by atoms with van der Waals surface area (Å²) in [7, 11) is 0. The van der Waals surface area contributed by atoms with Gasteiger partial charge in [-0.25, -0.2) is 9.50 Å². The third-order valence-corrected chi connectivity index (χ3v) is 2.10. The van der Waals surface area contributed by atoms with Crippen molar-refractivity contribution in [3.63, 3.8) is 0 Å². The second-order valence-corrected chi connectivity index (χ2v) is 3.67. The molecule has 4 heteroatoms. The van der Waals surface area contributed by atoms with Crippen LogP contribution in [0.15, 0.2) is 18.3 Å². The first-order chi connectivity index (χ1) is 6.16. The standard InChI is InChI=1S/C9H10ClN3/c1-6(2)7-5-13-9(11-7)4-3-8(10)12-13/h3-6H,1-2H3. The predicted octanol–water partition coefficient (Wildman–Crippen LogP) is 2.51. The number of halogens is 1. The van der Waals surface area contributed by atoms with Gasteiger partial charge >= 0.3 is 0 Å². The summed E-state index contributed by atoms with van der Waals surface area (Å²) < 4.78 is 1.71. The molecule has 0 aliphatic carbocycles. The van der Waals surface area contributed by atoms with Gasteiger partial charge in [-0.1, -0.05) is 25.4 Å². The van der Waals surface area contributed by atoms with Crippen molar-refractivity contribution in [2.24, 2.45) is 0 Å². The van der Waals surface area contributed by atoms with Gasteiger partial charge in [0.15, 0.2) is 5.65 Å². The monoisotopic (exact) mass is 195 g/mol. The summed E-state index contributed by atoms with van der Waals surface area (Å²) in [4.78, 5) is 4.40. The zero-order chi connectivity index (χ0) is 9.42. The Kier molecular flexibility index (Phi) is 1.96. The predicted molar refractivity (Wildman–Crippen MR) is 52.1 cm³/mol. The van der Waals surface area contributed by atoms with Crippen LogP contribution in [0.3, 0.4) is 0 Å². The molecule has 0 spiro atoms. The number of fused-ring (bicyclic) bond motifs is 1. The summed E-state index contributed by atoms with van der Waals surface area (Å²) >= 11 is 5.75. The van der Waals surface area contributed by atoms with Crippen LogP contribution in [0.25, 0.3) is 5.65 Å². The molecule has 0 aliphatic heterocycles. The summed E-state index contributed by atoms with van der Waals surface area (Å²) in [6, 6.07) is 3.61. The maximum absolute atomic E-state index is 5.75. The quantitative estimate of drug-likeness (QED) is 0.700. The van der Waals surface area contributed by atoms with Crippen LogP contribution in [-0.4, -0.2) is 14.6 Å². The molecule has 0 fully saturated rings. The lowest BCUT2D eigenvalue weighted by Gasteiger charge is -1.94. The first kappa shape index (κ1) is 8.51. The third-order valence-electron chi connectivity index (χ3n) is 1.90. The molecule has 13 heavy (non-hydrogen) atoms. The topological polar surface area (TPSA) is 30.2 Å². The van der Waals surface area contributed by atoms with Gasteiger partial charge in [0.1, 0.15) is 5.15 Å². The lowest BCUT2D eigenvalue weighted by Crippen LogP contribution is -1.88. The SMILES string of the molecule is CC(C)c1cn2nc(Cl)ccc2n1. The fraction of sp³-hybridized carbons (Fsp3) is 0.333. The Bertz CT molecular complexity index is 433. The minimum atomic E-state index is 0.417. The van der Waals surface area contributed by atoms with Gasteiger partial charge in [0, 0.05) is 0 Å². The van der Waals surface area contributed by atoms with Crippen molar-refractivity contribution >= 4 is 17.2 Å². The van der Waals surface area contributed by atoms with E-state index in [0.717, 1.165) is 11.3 Å². The number of hydrogen-bond donors (Lipinski definition) is 0. The van der Waals surface area contributed by atoms with E-state index >= 15 is 0 Å². The maximum Gasteiger partial charge on any atom is 0.153 e. The molecule has 0 radical (unpaired) electrons. The minimum Gasteiger partial charge on any atom is -0.232 e. The first-order valence-corrected chi connectivity index (χ1v) is 4.56. The Morgan fingerprint density at radius 2 is 2.15 bits per heavy atom. The molecule has 2 rings (SSSR count). The highest BCUT2D eigenvalue weighted by molar-refractivity contribution is 6.29. The molecule has 0 atom stereocenters. The highest BCUT2D eigenvalue weighted by atomic mass is 35.5. The van der Waals surface area contributed by atoms with Crippen molar-refractivity contribution in [3.8, 4) is 0 Å². The van der Waals surface area contributed by atoms with Crippen molar-refractivity contribution in [2.75, 3.05) is 0 Å². The zero-order valence-corrected chi connectivity index (χ0v) is 8.28. The van der Waals surface area contributed by atoms with E-state index in [4.69, 9.17) is 11.6 Å². The van der Waals surface area contributed by atoms with Gasteiger partial charge in [-0.2, -0.15) is 5.10 Å². The molecule has 3 nitrogen and oxygen atoms in total. The van der Waals surface area contributed by atoms with E-state index in [1.165, 1.54) is 0 Å². The second kappa shape index (κ2) is 3.00. The number of imidazole rings is 1. The second-order valence-electron chi connectivity index (χ2n) is 3.28. The summed E-state index contributed by atoms with van der Waals surface area (Å²) in [5.41, 5.74) is 1.88. The molecule has 2 aromatic heterocycles. The van der Waals surface area contributed by atoms with Crippen LogP contribution in [0.5, 0.6) is 0 Å². The van der Waals surface area contributed by atoms with Crippen molar-refractivity contribution in [2.45, 2.75) is 19.8 Å². The van der Waals surface area contributed by atoms with Crippen LogP contribution in [0.4, 0.5) is 0 Å². The van der Waals surface area contributed by atoms with Crippen LogP contribution in [-0.2, 0) is 0 Å². The fourth-order valence-corrected chi connectivity index (χ4v) is 1.30. The van der Waals surface area contributed by atoms with Gasteiger partial charge in [-0.3, -0.25) is 0 Å². The molecule has 0 aliphatic rings. The average Bonchev–Trinajstić information content (AvgIpc) is 2.46. The lowest BCUT2D eigenvalue weighted by molar-refractivity contribution is 0.829. The van der Waals surface area contributed by atoms with E-state index < -0.39 is 0 Å². The van der Waals surface area contributed by atoms with Crippen LogP contribution in [0.2, 0.25) is 5.15 Å². The van der Waals surface area contributed by atoms with Gasteiger partial charge in [-0.15, -0.1) is 0 Å². The highest BCUT2D eigenvalue weighted by Crippen LogP contribution is 2.14. The maximum atomic E-state index is 5.75. The molecular formula is C9H10ClN3. The van der Waals surface area contributed by atoms with Gasteiger partial charge in [-0.05, 0) is 18.1 Å². The van der Waals surface area contributed by atoms with Crippen molar-refractivity contribution in [3.05, 3.63) is 29.2 Å². The van der Waals surface area contributed by atoms with Crippen LogP contribution >= 0.6 is 11.6 Å². The van der Waals surface area contributed by atoms with Crippen LogP contribution in [0, 0.1) is 0 Å². The Morgan fingerprint density at radius 3 is 2.85 bits per heavy atom. The van der Waals surface area contributed by atoms with E-state index in [-0.39, 0.29) is 0 Å². The number of hydrogen-bond acceptors (Lipinski definition) is 2. The Hall–Kier alpha value is -1.09. The van der Waals surface area contributed by atoms with Crippen molar-refractivity contribution in [1.29, 1.82) is 0 Å². The average molecular weight is 196 g/mol. The molecule has 68 valence electrons. The smallest absolute Gasteiger partial charge is 0.153 e. The molecule has 0 amide bonds. The molecule has 0 bridgehead atoms. The molecule has 0 saturated carbocycles. The Balaban J connectivity index is 2.62. The Labute approximate surface area is 81.4 Å². The summed E-state index contributed by atoms with van der Waals surface area (Å²) in [5, 5.41) is 4.58. The first-order valence-electron chi connectivity index (χ1n) is 4.18. The van der Waals surface area contributed by atoms with E-state index in [0.29, 0.717) is 11.1 Å². The Morgan fingerprint density at radius 1 is 1.38 bits per heavy atom. The molecule has 0 unspecified atom stereocenters. The van der Waals surface area contributed by atoms with Gasteiger partial charge < -0.3 is 0 Å². The summed E-state index contributed by atoms with van der Waals surface area (Å²) in [5.74, 6) is 0.417.